The van der Waals surface area contributed by atoms with Crippen LogP contribution in [0.15, 0.2) is 11.3 Å². The van der Waals surface area contributed by atoms with Gasteiger partial charge in [0.2, 0.25) is 0 Å². The van der Waals surface area contributed by atoms with Gasteiger partial charge >= 0.3 is 0 Å². The zero-order chi connectivity index (χ0) is 21.0. The van der Waals surface area contributed by atoms with Crippen molar-refractivity contribution in [2.75, 3.05) is 0 Å². The van der Waals surface area contributed by atoms with Crippen molar-refractivity contribution in [2.24, 2.45) is 52.3 Å². The topological polar surface area (TPSA) is 20.2 Å². The molecule has 0 aromatic rings. The van der Waals surface area contributed by atoms with E-state index in [1.165, 1.54) is 64.2 Å². The van der Waals surface area contributed by atoms with Crippen LogP contribution in [-0.2, 0) is 0 Å². The predicted octanol–water partition coefficient (Wildman–Crippen LogP) is 8.55. The molecule has 0 heterocycles. The van der Waals surface area contributed by atoms with Crippen molar-refractivity contribution in [1.82, 2.24) is 0 Å². The van der Waals surface area contributed by atoms with Crippen LogP contribution in [0.2, 0.25) is 0 Å². The van der Waals surface area contributed by atoms with E-state index in [0.717, 1.165) is 41.8 Å². The van der Waals surface area contributed by atoms with Crippen molar-refractivity contribution in [2.45, 2.75) is 112 Å². The van der Waals surface area contributed by atoms with E-state index in [9.17, 15) is 5.11 Å². The Morgan fingerprint density at radius 1 is 0.862 bits per heavy atom. The molecule has 1 unspecified atom stereocenters. The van der Waals surface area contributed by atoms with Crippen LogP contribution in [0.4, 0.5) is 0 Å². The van der Waals surface area contributed by atoms with Gasteiger partial charge in [0.15, 0.2) is 0 Å². The fourth-order valence-corrected chi connectivity index (χ4v) is 8.65. The van der Waals surface area contributed by atoms with Gasteiger partial charge in [-0.05, 0) is 96.4 Å². The summed E-state index contributed by atoms with van der Waals surface area (Å²) < 4.78 is 0. The molecule has 3 saturated carbocycles. The maximum atomic E-state index is 11.3. The van der Waals surface area contributed by atoms with Crippen molar-refractivity contribution >= 4 is 0 Å². The fraction of sp³-hybridized carbons (Fsp3) is 0.929. The van der Waals surface area contributed by atoms with Crippen molar-refractivity contribution in [3.8, 4) is 0 Å². The third-order valence-corrected chi connectivity index (χ3v) is 11.1. The molecule has 0 aromatic heterocycles. The summed E-state index contributed by atoms with van der Waals surface area (Å²) in [6.07, 6.45) is 14.8. The van der Waals surface area contributed by atoms with E-state index in [1.807, 2.05) is 0 Å². The van der Waals surface area contributed by atoms with Gasteiger partial charge in [-0.15, -0.1) is 0 Å². The van der Waals surface area contributed by atoms with Gasteiger partial charge in [-0.3, -0.25) is 0 Å². The number of aliphatic hydroxyl groups is 1. The summed E-state index contributed by atoms with van der Waals surface area (Å²) in [6.45, 7) is 14.9. The van der Waals surface area contributed by atoms with Gasteiger partial charge in [0.25, 0.3) is 0 Å². The first-order valence-electron chi connectivity index (χ1n) is 13.1. The third kappa shape index (κ3) is 3.51. The summed E-state index contributed by atoms with van der Waals surface area (Å²) in [4.78, 5) is 0. The zero-order valence-corrected chi connectivity index (χ0v) is 20.3. The molecule has 29 heavy (non-hydrogen) atoms. The maximum absolute atomic E-state index is 11.3. The van der Waals surface area contributed by atoms with Crippen molar-refractivity contribution in [1.29, 1.82) is 0 Å². The highest BCUT2D eigenvalue weighted by Gasteiger charge is 2.59. The van der Waals surface area contributed by atoms with Crippen molar-refractivity contribution < 1.29 is 5.11 Å². The maximum Gasteiger partial charge on any atom is 0.0923 e. The summed E-state index contributed by atoms with van der Waals surface area (Å²) >= 11 is 0. The van der Waals surface area contributed by atoms with E-state index >= 15 is 0 Å². The van der Waals surface area contributed by atoms with E-state index in [-0.39, 0.29) is 0 Å². The first kappa shape index (κ1) is 21.8. The molecule has 4 aliphatic rings. The summed E-state index contributed by atoms with van der Waals surface area (Å²) in [7, 11) is 0. The highest BCUT2D eigenvalue weighted by Crippen LogP contribution is 2.67. The van der Waals surface area contributed by atoms with Crippen LogP contribution >= 0.6 is 0 Å². The minimum atomic E-state index is 0.429. The van der Waals surface area contributed by atoms with Gasteiger partial charge < -0.3 is 5.11 Å². The Labute approximate surface area is 181 Å². The van der Waals surface area contributed by atoms with Gasteiger partial charge in [0.05, 0.1) is 5.76 Å². The highest BCUT2D eigenvalue weighted by atomic mass is 16.3. The smallest absolute Gasteiger partial charge is 0.0923 e. The fourth-order valence-electron chi connectivity index (χ4n) is 8.65. The van der Waals surface area contributed by atoms with Crippen LogP contribution in [0, 0.1) is 52.3 Å². The Balaban J connectivity index is 1.54. The van der Waals surface area contributed by atoms with Gasteiger partial charge in [-0.1, -0.05) is 67.2 Å². The standard InChI is InChI=1S/C28H48O/c1-18(2)19(3)10-11-20(4)22-12-13-23-26-24(14-16-28(22,23)6)27(5)15-8-7-9-21(27)17-25(26)29/h18-24,29H,7-17H2,1-6H3/t19-,20-,21?,22-,23+,24+,27+,28-/m1/s1. The second-order valence-electron chi connectivity index (χ2n) is 12.7. The SMILES string of the molecule is CC(C)[C@H](C)CC[C@@H](C)[C@H]1CC[C@H]2C3=C(O)CC4CCCC[C@]4(C)[C@H]3CC[C@]12C. The molecule has 166 valence electrons. The molecule has 1 nitrogen and oxygen atoms in total. The Hall–Kier alpha value is -0.460. The van der Waals surface area contributed by atoms with E-state index in [2.05, 4.69) is 41.5 Å². The van der Waals surface area contributed by atoms with Crippen molar-refractivity contribution in [3.05, 3.63) is 11.3 Å². The van der Waals surface area contributed by atoms with Crippen LogP contribution in [0.25, 0.3) is 0 Å². The van der Waals surface area contributed by atoms with E-state index in [1.54, 1.807) is 5.57 Å². The molecule has 0 spiro atoms. The lowest BCUT2D eigenvalue weighted by molar-refractivity contribution is -0.0213. The van der Waals surface area contributed by atoms with Crippen LogP contribution in [0.3, 0.4) is 0 Å². The highest BCUT2D eigenvalue weighted by molar-refractivity contribution is 5.30. The monoisotopic (exact) mass is 400 g/mol. The van der Waals surface area contributed by atoms with Crippen LogP contribution in [0.5, 0.6) is 0 Å². The molecule has 4 aliphatic carbocycles. The number of hydrogen-bond acceptors (Lipinski definition) is 1. The van der Waals surface area contributed by atoms with Crippen LogP contribution < -0.4 is 0 Å². The van der Waals surface area contributed by atoms with E-state index in [4.69, 9.17) is 0 Å². The van der Waals surface area contributed by atoms with Crippen LogP contribution in [-0.4, -0.2) is 5.11 Å². The Morgan fingerprint density at radius 3 is 2.31 bits per heavy atom. The minimum absolute atomic E-state index is 0.429. The zero-order valence-electron chi connectivity index (χ0n) is 20.3. The number of aliphatic hydroxyl groups excluding tert-OH is 1. The average molecular weight is 401 g/mol. The molecule has 0 aromatic carbocycles. The third-order valence-electron chi connectivity index (χ3n) is 11.1. The molecular weight excluding hydrogens is 352 g/mol. The Kier molecular flexibility index (Phi) is 5.93. The Bertz CT molecular complexity index is 632. The summed E-state index contributed by atoms with van der Waals surface area (Å²) in [5.74, 6) is 6.24. The average Bonchev–Trinajstić information content (AvgIpc) is 3.03. The molecule has 1 N–H and O–H groups in total. The normalized spacial score (nSPS) is 44.2. The number of allylic oxidation sites excluding steroid dienone is 2. The van der Waals surface area contributed by atoms with Gasteiger partial charge in [0.1, 0.15) is 0 Å². The molecular formula is C28H48O. The number of rotatable bonds is 5. The minimum Gasteiger partial charge on any atom is -0.512 e. The molecule has 0 radical (unpaired) electrons. The first-order valence-corrected chi connectivity index (χ1v) is 13.1. The molecule has 0 bridgehead atoms. The van der Waals surface area contributed by atoms with E-state index in [0.29, 0.717) is 22.7 Å². The summed E-state index contributed by atoms with van der Waals surface area (Å²) in [6, 6.07) is 0. The Morgan fingerprint density at radius 2 is 1.59 bits per heavy atom. The molecule has 8 atom stereocenters. The van der Waals surface area contributed by atoms with E-state index < -0.39 is 0 Å². The molecule has 0 amide bonds. The largest absolute Gasteiger partial charge is 0.512 e. The molecule has 1 heteroatoms. The lowest BCUT2D eigenvalue weighted by atomic mass is 9.47. The lowest BCUT2D eigenvalue weighted by Gasteiger charge is -2.57. The second-order valence-corrected chi connectivity index (χ2v) is 12.7. The molecule has 0 aliphatic heterocycles. The number of hydrogen-bond donors (Lipinski definition) is 1. The second kappa shape index (κ2) is 7.90. The van der Waals surface area contributed by atoms with Gasteiger partial charge in [-0.2, -0.15) is 0 Å². The van der Waals surface area contributed by atoms with Gasteiger partial charge in [0, 0.05) is 6.42 Å². The lowest BCUT2D eigenvalue weighted by Crippen LogP contribution is -2.49. The van der Waals surface area contributed by atoms with Gasteiger partial charge in [-0.25, -0.2) is 0 Å². The summed E-state index contributed by atoms with van der Waals surface area (Å²) in [5, 5.41) is 11.3. The molecule has 0 saturated heterocycles. The molecule has 4 rings (SSSR count). The van der Waals surface area contributed by atoms with Crippen LogP contribution in [0.1, 0.15) is 112 Å². The quantitative estimate of drug-likeness (QED) is 0.490. The van der Waals surface area contributed by atoms with Crippen molar-refractivity contribution in [3.63, 3.8) is 0 Å². The summed E-state index contributed by atoms with van der Waals surface area (Å²) in [5.41, 5.74) is 2.46. The number of fused-ring (bicyclic) bond motifs is 5. The first-order chi connectivity index (χ1) is 13.7. The molecule has 3 fully saturated rings. The predicted molar refractivity (Wildman–Crippen MR) is 124 cm³/mol.